The van der Waals surface area contributed by atoms with E-state index in [-0.39, 0.29) is 12.5 Å². The molecule has 15 heavy (non-hydrogen) atoms. The summed E-state index contributed by atoms with van der Waals surface area (Å²) in [6.07, 6.45) is 2.36. The van der Waals surface area contributed by atoms with Crippen LogP contribution in [0.5, 0.6) is 0 Å². The Hall–Kier alpha value is -0.710. The number of nitrogens with zero attached hydrogens (tertiary/aromatic N) is 1. The lowest BCUT2D eigenvalue weighted by atomic mass is 10.2. The summed E-state index contributed by atoms with van der Waals surface area (Å²) < 4.78 is 4.81. The summed E-state index contributed by atoms with van der Waals surface area (Å²) in [5, 5.41) is 4.45. The summed E-state index contributed by atoms with van der Waals surface area (Å²) in [5.74, 6) is -0.222. The predicted molar refractivity (Wildman–Crippen MR) is 63.2 cm³/mol. The van der Waals surface area contributed by atoms with Crippen molar-refractivity contribution >= 4 is 22.9 Å². The fourth-order valence-corrected chi connectivity index (χ4v) is 2.47. The van der Waals surface area contributed by atoms with Crippen LogP contribution in [0.3, 0.4) is 0 Å². The highest BCUT2D eigenvalue weighted by molar-refractivity contribution is 8.14. The molecule has 1 atom stereocenters. The number of nitrogens with one attached hydrogen (secondary N) is 1. The molecular weight excluding hydrogens is 212 g/mol. The molecule has 86 valence electrons. The van der Waals surface area contributed by atoms with Gasteiger partial charge in [-0.15, -0.1) is 0 Å². The van der Waals surface area contributed by atoms with E-state index in [1.165, 1.54) is 12.8 Å². The zero-order chi connectivity index (χ0) is 11.1. The number of carbonyl (C=O) groups is 1. The summed E-state index contributed by atoms with van der Waals surface area (Å²) in [5.41, 5.74) is 0. The van der Waals surface area contributed by atoms with Gasteiger partial charge in [-0.25, -0.2) is 0 Å². The first-order chi connectivity index (χ1) is 7.26. The van der Waals surface area contributed by atoms with Crippen LogP contribution in [0.1, 0.15) is 26.7 Å². The van der Waals surface area contributed by atoms with Crippen LogP contribution in [-0.2, 0) is 9.53 Å². The molecular formula is C10H18N2O2S. The minimum Gasteiger partial charge on any atom is -0.465 e. The van der Waals surface area contributed by atoms with Gasteiger partial charge in [0.15, 0.2) is 5.17 Å². The molecule has 4 nitrogen and oxygen atoms in total. The smallest absolute Gasteiger partial charge is 0.325 e. The molecule has 0 aromatic carbocycles. The Morgan fingerprint density at radius 1 is 1.67 bits per heavy atom. The van der Waals surface area contributed by atoms with Crippen molar-refractivity contribution in [2.75, 3.05) is 19.7 Å². The summed E-state index contributed by atoms with van der Waals surface area (Å²) in [7, 11) is 0. The highest BCUT2D eigenvalue weighted by Gasteiger charge is 2.18. The number of hydrogen-bond acceptors (Lipinski definition) is 5. The monoisotopic (exact) mass is 230 g/mol. The molecule has 1 heterocycles. The maximum absolute atomic E-state index is 11.1. The van der Waals surface area contributed by atoms with Crippen LogP contribution in [0, 0.1) is 0 Å². The summed E-state index contributed by atoms with van der Waals surface area (Å²) >= 11 is 1.73. The number of hydrogen-bond donors (Lipinski definition) is 1. The zero-order valence-corrected chi connectivity index (χ0v) is 10.1. The number of esters is 1. The van der Waals surface area contributed by atoms with Gasteiger partial charge in [0.1, 0.15) is 6.54 Å². The Morgan fingerprint density at radius 3 is 3.13 bits per heavy atom. The van der Waals surface area contributed by atoms with Gasteiger partial charge in [-0.3, -0.25) is 9.79 Å². The van der Waals surface area contributed by atoms with Crippen molar-refractivity contribution in [3.05, 3.63) is 0 Å². The average molecular weight is 230 g/mol. The Labute approximate surface area is 94.9 Å². The second kappa shape index (κ2) is 6.71. The van der Waals surface area contributed by atoms with Crippen LogP contribution in [0.2, 0.25) is 0 Å². The molecule has 0 saturated carbocycles. The Kier molecular flexibility index (Phi) is 5.53. The molecule has 0 saturated heterocycles. The lowest BCUT2D eigenvalue weighted by Gasteiger charge is -2.07. The highest BCUT2D eigenvalue weighted by Crippen LogP contribution is 2.23. The molecule has 1 N–H and O–H groups in total. The van der Waals surface area contributed by atoms with Crippen LogP contribution in [0.15, 0.2) is 4.99 Å². The normalized spacial score (nSPS) is 19.9. The minimum absolute atomic E-state index is 0.221. The lowest BCUT2D eigenvalue weighted by molar-refractivity contribution is -0.141. The highest BCUT2D eigenvalue weighted by atomic mass is 32.2. The fourth-order valence-electron chi connectivity index (χ4n) is 1.35. The van der Waals surface area contributed by atoms with Crippen molar-refractivity contribution in [2.24, 2.45) is 4.99 Å². The maximum Gasteiger partial charge on any atom is 0.325 e. The first-order valence-corrected chi connectivity index (χ1v) is 6.24. The van der Waals surface area contributed by atoms with Gasteiger partial charge in [0.25, 0.3) is 0 Å². The summed E-state index contributed by atoms with van der Waals surface area (Å²) in [6.45, 7) is 5.49. The summed E-state index contributed by atoms with van der Waals surface area (Å²) in [4.78, 5) is 15.4. The SMILES string of the molecule is CCCC1CN=C(NCC(=O)OCC)S1. The molecule has 0 bridgehead atoms. The number of carbonyl (C=O) groups excluding carboxylic acids is 1. The predicted octanol–water partition coefficient (Wildman–Crippen LogP) is 1.41. The molecule has 5 heteroatoms. The Bertz CT molecular complexity index is 244. The van der Waals surface area contributed by atoms with Gasteiger partial charge in [0.05, 0.1) is 13.2 Å². The van der Waals surface area contributed by atoms with Crippen LogP contribution < -0.4 is 5.32 Å². The fraction of sp³-hybridized carbons (Fsp3) is 0.800. The van der Waals surface area contributed by atoms with Crippen molar-refractivity contribution in [1.29, 1.82) is 0 Å². The second-order valence-corrected chi connectivity index (χ2v) is 4.62. The summed E-state index contributed by atoms with van der Waals surface area (Å²) in [6, 6.07) is 0. The third-order valence-corrected chi connectivity index (χ3v) is 3.23. The van der Waals surface area contributed by atoms with Gasteiger partial charge in [-0.05, 0) is 13.3 Å². The standard InChI is InChI=1S/C10H18N2O2S/c1-3-5-8-6-11-10(15-8)12-7-9(13)14-4-2/h8H,3-7H2,1-2H3,(H,11,12). The molecule has 0 spiro atoms. The van der Waals surface area contributed by atoms with Crippen molar-refractivity contribution in [3.63, 3.8) is 0 Å². The number of rotatable bonds is 5. The molecule has 1 aliphatic rings. The van der Waals surface area contributed by atoms with Gasteiger partial charge in [-0.2, -0.15) is 0 Å². The first-order valence-electron chi connectivity index (χ1n) is 5.36. The van der Waals surface area contributed by atoms with E-state index in [1.807, 2.05) is 0 Å². The molecule has 1 rings (SSSR count). The van der Waals surface area contributed by atoms with Gasteiger partial charge in [0.2, 0.25) is 0 Å². The minimum atomic E-state index is -0.222. The quantitative estimate of drug-likeness (QED) is 0.726. The number of ether oxygens (including phenoxy) is 1. The van der Waals surface area contributed by atoms with Crippen LogP contribution in [0.25, 0.3) is 0 Å². The second-order valence-electron chi connectivity index (χ2n) is 3.33. The maximum atomic E-state index is 11.1. The molecule has 0 aromatic rings. The number of aliphatic imine (C=N–C) groups is 1. The Balaban J connectivity index is 2.16. The van der Waals surface area contributed by atoms with Crippen molar-refractivity contribution < 1.29 is 9.53 Å². The molecule has 0 amide bonds. The molecule has 0 aromatic heterocycles. The van der Waals surface area contributed by atoms with Gasteiger partial charge >= 0.3 is 5.97 Å². The van der Waals surface area contributed by atoms with E-state index in [2.05, 4.69) is 17.2 Å². The van der Waals surface area contributed by atoms with E-state index in [0.717, 1.165) is 11.7 Å². The Morgan fingerprint density at radius 2 is 2.47 bits per heavy atom. The van der Waals surface area contributed by atoms with Crippen molar-refractivity contribution in [3.8, 4) is 0 Å². The van der Waals surface area contributed by atoms with E-state index >= 15 is 0 Å². The van der Waals surface area contributed by atoms with Crippen LogP contribution >= 0.6 is 11.8 Å². The number of thioether (sulfide) groups is 1. The van der Waals surface area contributed by atoms with Gasteiger partial charge < -0.3 is 10.1 Å². The van der Waals surface area contributed by atoms with Gasteiger partial charge in [-0.1, -0.05) is 25.1 Å². The van der Waals surface area contributed by atoms with Gasteiger partial charge in [0, 0.05) is 5.25 Å². The first kappa shape index (κ1) is 12.4. The van der Waals surface area contributed by atoms with E-state index in [4.69, 9.17) is 4.74 Å². The van der Waals surface area contributed by atoms with E-state index < -0.39 is 0 Å². The lowest BCUT2D eigenvalue weighted by Crippen LogP contribution is -2.28. The van der Waals surface area contributed by atoms with Crippen LogP contribution in [0.4, 0.5) is 0 Å². The average Bonchev–Trinajstić information content (AvgIpc) is 2.64. The number of amidine groups is 1. The van der Waals surface area contributed by atoms with Crippen molar-refractivity contribution in [2.45, 2.75) is 31.9 Å². The van der Waals surface area contributed by atoms with Crippen molar-refractivity contribution in [1.82, 2.24) is 5.32 Å². The molecule has 0 radical (unpaired) electrons. The molecule has 1 aliphatic heterocycles. The van der Waals surface area contributed by atoms with E-state index in [0.29, 0.717) is 11.9 Å². The molecule has 1 unspecified atom stereocenters. The van der Waals surface area contributed by atoms with Crippen LogP contribution in [-0.4, -0.2) is 36.1 Å². The third kappa shape index (κ3) is 4.55. The van der Waals surface area contributed by atoms with E-state index in [1.54, 1.807) is 18.7 Å². The topological polar surface area (TPSA) is 50.7 Å². The zero-order valence-electron chi connectivity index (χ0n) is 9.28. The molecule has 0 aliphatic carbocycles. The third-order valence-electron chi connectivity index (χ3n) is 2.02. The largest absolute Gasteiger partial charge is 0.465 e. The molecule has 0 fully saturated rings. The van der Waals surface area contributed by atoms with E-state index in [9.17, 15) is 4.79 Å².